The first-order valence-electron chi connectivity index (χ1n) is 10.9. The Morgan fingerprint density at radius 3 is 2.62 bits per heavy atom. The van der Waals surface area contributed by atoms with Gasteiger partial charge in [0.25, 0.3) is 0 Å². The van der Waals surface area contributed by atoms with Gasteiger partial charge in [0, 0.05) is 57.3 Å². The molecule has 1 aliphatic rings. The smallest absolute Gasteiger partial charge is 0.247 e. The van der Waals surface area contributed by atoms with Gasteiger partial charge in [-0.3, -0.25) is 4.79 Å². The van der Waals surface area contributed by atoms with E-state index < -0.39 is 0 Å². The summed E-state index contributed by atoms with van der Waals surface area (Å²) in [5.74, 6) is 0.667. The van der Waals surface area contributed by atoms with Crippen LogP contribution in [0, 0.1) is 0 Å². The SMILES string of the molecule is C=CC(=O)Nc1cc(Nc2ncc(Cl)c(-c3ccn(C)c3)n2)c(OC)cc1N1CCN(C)CC1. The van der Waals surface area contributed by atoms with Gasteiger partial charge in [0.1, 0.15) is 5.75 Å². The minimum atomic E-state index is -0.291. The van der Waals surface area contributed by atoms with Crippen molar-refractivity contribution in [2.45, 2.75) is 0 Å². The Hall–Kier alpha value is -3.56. The molecule has 0 spiro atoms. The molecule has 1 amide bonds. The monoisotopic (exact) mass is 481 g/mol. The van der Waals surface area contributed by atoms with Gasteiger partial charge in [0.2, 0.25) is 11.9 Å². The van der Waals surface area contributed by atoms with E-state index in [0.717, 1.165) is 37.4 Å². The Labute approximate surface area is 204 Å². The number of amides is 1. The van der Waals surface area contributed by atoms with Crippen LogP contribution in [0.4, 0.5) is 23.0 Å². The van der Waals surface area contributed by atoms with Crippen molar-refractivity contribution < 1.29 is 9.53 Å². The molecule has 0 saturated carbocycles. The van der Waals surface area contributed by atoms with E-state index in [1.165, 1.54) is 6.08 Å². The lowest BCUT2D eigenvalue weighted by Gasteiger charge is -2.35. The van der Waals surface area contributed by atoms with E-state index in [0.29, 0.717) is 33.8 Å². The highest BCUT2D eigenvalue weighted by Crippen LogP contribution is 2.39. The van der Waals surface area contributed by atoms with Crippen molar-refractivity contribution in [1.29, 1.82) is 0 Å². The predicted molar refractivity (Wildman–Crippen MR) is 136 cm³/mol. The van der Waals surface area contributed by atoms with Gasteiger partial charge in [-0.15, -0.1) is 0 Å². The number of carbonyl (C=O) groups is 1. The number of hydrogen-bond acceptors (Lipinski definition) is 7. The summed E-state index contributed by atoms with van der Waals surface area (Å²) in [4.78, 5) is 25.6. The van der Waals surface area contributed by atoms with E-state index in [-0.39, 0.29) is 5.91 Å². The molecule has 1 aromatic carbocycles. The lowest BCUT2D eigenvalue weighted by molar-refractivity contribution is -0.111. The van der Waals surface area contributed by atoms with Gasteiger partial charge in [-0.05, 0) is 25.3 Å². The molecular weight excluding hydrogens is 454 g/mol. The van der Waals surface area contributed by atoms with Gasteiger partial charge in [-0.1, -0.05) is 18.2 Å². The van der Waals surface area contributed by atoms with E-state index in [1.54, 1.807) is 13.3 Å². The molecular formula is C24H28ClN7O2. The Kier molecular flexibility index (Phi) is 7.04. The van der Waals surface area contributed by atoms with Crippen LogP contribution < -0.4 is 20.3 Å². The topological polar surface area (TPSA) is 87.5 Å². The van der Waals surface area contributed by atoms with E-state index in [4.69, 9.17) is 16.3 Å². The molecule has 2 N–H and O–H groups in total. The summed E-state index contributed by atoms with van der Waals surface area (Å²) in [5, 5.41) is 6.59. The van der Waals surface area contributed by atoms with E-state index in [1.807, 2.05) is 42.2 Å². The second-order valence-electron chi connectivity index (χ2n) is 8.13. The van der Waals surface area contributed by atoms with Crippen molar-refractivity contribution in [1.82, 2.24) is 19.4 Å². The summed E-state index contributed by atoms with van der Waals surface area (Å²) >= 11 is 6.36. The summed E-state index contributed by atoms with van der Waals surface area (Å²) in [7, 11) is 5.64. The van der Waals surface area contributed by atoms with Crippen molar-refractivity contribution in [3.05, 3.63) is 54.5 Å². The van der Waals surface area contributed by atoms with E-state index in [9.17, 15) is 4.79 Å². The first-order valence-corrected chi connectivity index (χ1v) is 11.3. The summed E-state index contributed by atoms with van der Waals surface area (Å²) < 4.78 is 7.61. The van der Waals surface area contributed by atoms with Crippen molar-refractivity contribution in [3.63, 3.8) is 0 Å². The molecule has 10 heteroatoms. The number of hydrogen-bond donors (Lipinski definition) is 2. The van der Waals surface area contributed by atoms with Crippen molar-refractivity contribution in [2.75, 3.05) is 55.9 Å². The highest BCUT2D eigenvalue weighted by molar-refractivity contribution is 6.32. The first kappa shape index (κ1) is 23.6. The van der Waals surface area contributed by atoms with Crippen LogP contribution >= 0.6 is 11.6 Å². The van der Waals surface area contributed by atoms with E-state index in [2.05, 4.69) is 44.0 Å². The average Bonchev–Trinajstić information content (AvgIpc) is 3.27. The number of ether oxygens (including phenoxy) is 1. The van der Waals surface area contributed by atoms with Crippen molar-refractivity contribution in [3.8, 4) is 17.0 Å². The number of piperazine rings is 1. The van der Waals surface area contributed by atoms with Crippen LogP contribution in [0.3, 0.4) is 0 Å². The van der Waals surface area contributed by atoms with Gasteiger partial charge in [0.05, 0.1) is 41.1 Å². The third-order valence-corrected chi connectivity index (χ3v) is 5.98. The number of aromatic nitrogens is 3. The maximum atomic E-state index is 12.2. The lowest BCUT2D eigenvalue weighted by Crippen LogP contribution is -2.44. The van der Waals surface area contributed by atoms with Crippen LogP contribution in [0.15, 0.2) is 49.4 Å². The summed E-state index contributed by atoms with van der Waals surface area (Å²) in [6.45, 7) is 7.11. The van der Waals surface area contributed by atoms with Crippen LogP contribution in [0.1, 0.15) is 0 Å². The molecule has 1 saturated heterocycles. The second kappa shape index (κ2) is 10.1. The first-order chi connectivity index (χ1) is 16.4. The molecule has 1 aliphatic heterocycles. The zero-order chi connectivity index (χ0) is 24.2. The third kappa shape index (κ3) is 5.16. The Morgan fingerprint density at radius 1 is 1.21 bits per heavy atom. The molecule has 34 heavy (non-hydrogen) atoms. The normalized spacial score (nSPS) is 14.1. The number of benzene rings is 1. The molecule has 0 unspecified atom stereocenters. The number of methoxy groups -OCH3 is 1. The number of carbonyl (C=O) groups excluding carboxylic acids is 1. The van der Waals surface area contributed by atoms with Crippen LogP contribution in [-0.2, 0) is 11.8 Å². The standard InChI is InChI=1S/C24H28ClN7O2/c1-5-22(33)27-18-12-19(21(34-4)13-20(18)32-10-8-30(2)9-11-32)28-24-26-14-17(25)23(29-24)16-6-7-31(3)15-16/h5-7,12-15H,1,8-11H2,2-4H3,(H,27,33)(H,26,28,29). The molecule has 2 aromatic heterocycles. The molecule has 4 rings (SSSR count). The Bertz CT molecular complexity index is 1200. The van der Waals surface area contributed by atoms with Gasteiger partial charge < -0.3 is 29.7 Å². The van der Waals surface area contributed by atoms with Gasteiger partial charge >= 0.3 is 0 Å². The quantitative estimate of drug-likeness (QED) is 0.497. The summed E-state index contributed by atoms with van der Waals surface area (Å²) in [5.41, 5.74) is 3.64. The van der Waals surface area contributed by atoms with Crippen LogP contribution in [0.5, 0.6) is 5.75 Å². The molecule has 1 fully saturated rings. The maximum Gasteiger partial charge on any atom is 0.247 e. The molecule has 3 aromatic rings. The van der Waals surface area contributed by atoms with Crippen LogP contribution in [0.25, 0.3) is 11.3 Å². The number of halogens is 1. The average molecular weight is 482 g/mol. The molecule has 0 aliphatic carbocycles. The predicted octanol–water partition coefficient (Wildman–Crippen LogP) is 3.76. The highest BCUT2D eigenvalue weighted by Gasteiger charge is 2.21. The minimum Gasteiger partial charge on any atom is -0.494 e. The summed E-state index contributed by atoms with van der Waals surface area (Å²) in [6.07, 6.45) is 6.67. The van der Waals surface area contributed by atoms with Gasteiger partial charge in [0.15, 0.2) is 0 Å². The fraction of sp³-hybridized carbons (Fsp3) is 0.292. The van der Waals surface area contributed by atoms with Crippen LogP contribution in [-0.4, -0.2) is 65.7 Å². The van der Waals surface area contributed by atoms with Crippen molar-refractivity contribution >= 4 is 40.5 Å². The summed E-state index contributed by atoms with van der Waals surface area (Å²) in [6, 6.07) is 5.68. The number of nitrogens with zero attached hydrogens (tertiary/aromatic N) is 5. The molecule has 3 heterocycles. The zero-order valence-corrected chi connectivity index (χ0v) is 20.3. The van der Waals surface area contributed by atoms with Crippen molar-refractivity contribution in [2.24, 2.45) is 7.05 Å². The fourth-order valence-corrected chi connectivity index (χ4v) is 4.02. The molecule has 0 radical (unpaired) electrons. The van der Waals surface area contributed by atoms with Gasteiger partial charge in [-0.2, -0.15) is 0 Å². The van der Waals surface area contributed by atoms with E-state index >= 15 is 0 Å². The molecule has 9 nitrogen and oxygen atoms in total. The third-order valence-electron chi connectivity index (χ3n) is 5.70. The molecule has 178 valence electrons. The molecule has 0 atom stereocenters. The lowest BCUT2D eigenvalue weighted by atomic mass is 10.1. The Morgan fingerprint density at radius 2 is 1.97 bits per heavy atom. The largest absolute Gasteiger partial charge is 0.494 e. The zero-order valence-electron chi connectivity index (χ0n) is 19.5. The number of aryl methyl sites for hydroxylation is 1. The number of anilines is 4. The highest BCUT2D eigenvalue weighted by atomic mass is 35.5. The number of rotatable bonds is 7. The Balaban J connectivity index is 1.71. The molecule has 0 bridgehead atoms. The minimum absolute atomic E-state index is 0.291. The number of likely N-dealkylation sites (N-methyl/N-ethyl adjacent to an activating group) is 1. The second-order valence-corrected chi connectivity index (χ2v) is 8.54. The fourth-order valence-electron chi connectivity index (χ4n) is 3.82. The van der Waals surface area contributed by atoms with Crippen LogP contribution in [0.2, 0.25) is 5.02 Å². The maximum absolute atomic E-state index is 12.2. The van der Waals surface area contributed by atoms with Gasteiger partial charge in [-0.25, -0.2) is 9.97 Å². The number of nitrogens with one attached hydrogen (secondary N) is 2.